The van der Waals surface area contributed by atoms with Crippen LogP contribution in [0.25, 0.3) is 0 Å². The van der Waals surface area contributed by atoms with Crippen LogP contribution in [-0.2, 0) is 15.1 Å². The van der Waals surface area contributed by atoms with E-state index in [2.05, 4.69) is 39.5 Å². The summed E-state index contributed by atoms with van der Waals surface area (Å²) in [5, 5.41) is 0. The van der Waals surface area contributed by atoms with E-state index >= 15 is 0 Å². The molecule has 0 saturated heterocycles. The van der Waals surface area contributed by atoms with E-state index in [0.717, 1.165) is 19.9 Å². The van der Waals surface area contributed by atoms with Crippen molar-refractivity contribution in [2.45, 2.75) is 26.3 Å². The van der Waals surface area contributed by atoms with Crippen LogP contribution in [0.4, 0.5) is 0 Å². The fourth-order valence-electron chi connectivity index (χ4n) is 0.554. The van der Waals surface area contributed by atoms with Gasteiger partial charge in [-0.25, -0.2) is 0 Å². The molecular formula is C7H12FeNP. The van der Waals surface area contributed by atoms with Crippen LogP contribution < -0.4 is 0 Å². The third kappa shape index (κ3) is 4.20. The molecule has 0 atom stereocenters. The van der Waals surface area contributed by atoms with Crippen LogP contribution in [0.15, 0.2) is 0 Å². The van der Waals surface area contributed by atoms with E-state index in [1.807, 2.05) is 0 Å². The second-order valence-corrected chi connectivity index (χ2v) is 3.60. The van der Waals surface area contributed by atoms with Gasteiger partial charge in [0, 0.05) is 0 Å². The molecule has 0 aromatic carbocycles. The number of terminal acetylenes is 1. The van der Waals surface area contributed by atoms with E-state index in [4.69, 9.17) is 6.42 Å². The van der Waals surface area contributed by atoms with Crippen molar-refractivity contribution in [3.8, 4) is 12.3 Å². The van der Waals surface area contributed by atoms with Crippen LogP contribution >= 0.6 is 6.98 Å². The Bertz CT molecular complexity index is 139. The van der Waals surface area contributed by atoms with Gasteiger partial charge in [0.15, 0.2) is 0 Å². The molecule has 0 amide bonds. The van der Waals surface area contributed by atoms with Crippen molar-refractivity contribution < 1.29 is 15.1 Å². The van der Waals surface area contributed by atoms with Crippen molar-refractivity contribution in [2.24, 2.45) is 0 Å². The van der Waals surface area contributed by atoms with Crippen molar-refractivity contribution in [3.05, 3.63) is 0 Å². The Morgan fingerprint density at radius 1 is 1.70 bits per heavy atom. The van der Waals surface area contributed by atoms with Gasteiger partial charge in [-0.3, -0.25) is 0 Å². The van der Waals surface area contributed by atoms with Gasteiger partial charge in [-0.2, -0.15) is 0 Å². The molecule has 0 aliphatic rings. The first kappa shape index (κ1) is 10.3. The molecule has 0 aromatic rings. The van der Waals surface area contributed by atoms with Gasteiger partial charge in [-0.15, -0.1) is 0 Å². The van der Waals surface area contributed by atoms with Gasteiger partial charge in [-0.1, -0.05) is 0 Å². The van der Waals surface area contributed by atoms with Gasteiger partial charge in [-0.05, 0) is 0 Å². The first-order valence-corrected chi connectivity index (χ1v) is 5.43. The van der Waals surface area contributed by atoms with Crippen LogP contribution in [0.2, 0.25) is 0 Å². The van der Waals surface area contributed by atoms with Gasteiger partial charge in [0.25, 0.3) is 0 Å². The summed E-state index contributed by atoms with van der Waals surface area (Å²) in [7, 11) is 0. The average Bonchev–Trinajstić information content (AvgIpc) is 1.89. The molecule has 0 saturated carbocycles. The predicted octanol–water partition coefficient (Wildman–Crippen LogP) is 2.04. The summed E-state index contributed by atoms with van der Waals surface area (Å²) in [6, 6.07) is 0.549. The molecule has 1 nitrogen and oxygen atoms in total. The third-order valence-electron chi connectivity index (χ3n) is 1.17. The van der Waals surface area contributed by atoms with E-state index in [0.29, 0.717) is 6.04 Å². The standard InChI is InChI=1S/C7H12NP.Fe/c1-4-5-6-8(9)7(2)3;/h1,7H,5-6H2,2-3H3;. The maximum atomic E-state index is 5.13. The zero-order valence-corrected chi connectivity index (χ0v) is 8.32. The first-order valence-electron chi connectivity index (χ1n) is 3.23. The molecule has 0 aromatic heterocycles. The van der Waals surface area contributed by atoms with E-state index in [-0.39, 0.29) is 0 Å². The summed E-state index contributed by atoms with van der Waals surface area (Å²) < 4.78 is 2.22. The normalized spacial score (nSPS) is 10.8. The molecular weight excluding hydrogens is 185 g/mol. The molecule has 10 heavy (non-hydrogen) atoms. The molecule has 0 aliphatic carbocycles. The summed E-state index contributed by atoms with van der Waals surface area (Å²) in [4.78, 5) is 0. The molecule has 0 N–H and O–H groups in total. The monoisotopic (exact) mass is 197 g/mol. The fraction of sp³-hybridized carbons (Fsp3) is 0.714. The Hall–Kier alpha value is 0.339. The molecule has 0 radical (unpaired) electrons. The number of hydrogen-bond donors (Lipinski definition) is 0. The van der Waals surface area contributed by atoms with E-state index < -0.39 is 0 Å². The van der Waals surface area contributed by atoms with Gasteiger partial charge in [0.1, 0.15) is 0 Å². The van der Waals surface area contributed by atoms with Crippen molar-refractivity contribution in [1.82, 2.24) is 4.67 Å². The van der Waals surface area contributed by atoms with Gasteiger partial charge in [0.05, 0.1) is 0 Å². The average molecular weight is 197 g/mol. The Morgan fingerprint density at radius 3 is 2.60 bits per heavy atom. The van der Waals surface area contributed by atoms with Crippen molar-refractivity contribution in [2.75, 3.05) is 6.54 Å². The Balaban J connectivity index is 3.63. The summed E-state index contributed by atoms with van der Waals surface area (Å²) in [5.41, 5.74) is 0. The molecule has 58 valence electrons. The first-order chi connectivity index (χ1) is 4.72. The Morgan fingerprint density at radius 2 is 2.30 bits per heavy atom. The van der Waals surface area contributed by atoms with Crippen LogP contribution in [0.1, 0.15) is 20.3 Å². The maximum absolute atomic E-state index is 5.13. The summed E-state index contributed by atoms with van der Waals surface area (Å²) in [5.74, 6) is 2.61. The Kier molecular flexibility index (Phi) is 6.28. The summed E-state index contributed by atoms with van der Waals surface area (Å²) in [6.45, 7) is 6.32. The quantitative estimate of drug-likeness (QED) is 0.378. The van der Waals surface area contributed by atoms with Crippen LogP contribution in [0, 0.1) is 12.3 Å². The molecule has 0 spiro atoms. The molecule has 0 rings (SSSR count). The van der Waals surface area contributed by atoms with Crippen LogP contribution in [0.3, 0.4) is 0 Å². The third-order valence-corrected chi connectivity index (χ3v) is 2.87. The molecule has 3 heteroatoms. The van der Waals surface area contributed by atoms with Crippen LogP contribution in [-0.4, -0.2) is 17.3 Å². The Labute approximate surface area is 72.3 Å². The van der Waals surface area contributed by atoms with Gasteiger partial charge in [0.2, 0.25) is 0 Å². The van der Waals surface area contributed by atoms with E-state index in [1.54, 1.807) is 0 Å². The molecule has 0 fully saturated rings. The van der Waals surface area contributed by atoms with Gasteiger partial charge >= 0.3 is 71.9 Å². The zero-order chi connectivity index (χ0) is 7.98. The van der Waals surface area contributed by atoms with Crippen molar-refractivity contribution in [1.29, 1.82) is 0 Å². The minimum atomic E-state index is 0.549. The van der Waals surface area contributed by atoms with Gasteiger partial charge < -0.3 is 0 Å². The van der Waals surface area contributed by atoms with Crippen molar-refractivity contribution >= 4 is 6.98 Å². The number of hydrogen-bond acceptors (Lipinski definition) is 1. The SMILES string of the molecule is C#CCCN([P]=[Fe])C(C)C. The summed E-state index contributed by atoms with van der Waals surface area (Å²) >= 11 is 3.79. The molecule has 0 bridgehead atoms. The second-order valence-electron chi connectivity index (χ2n) is 2.28. The molecule has 0 heterocycles. The fourth-order valence-corrected chi connectivity index (χ4v) is 1.98. The number of rotatable bonds is 4. The minimum absolute atomic E-state index is 0.549. The second kappa shape index (κ2) is 6.08. The summed E-state index contributed by atoms with van der Waals surface area (Å²) in [6.07, 6.45) is 5.95. The molecule has 0 unspecified atom stereocenters. The predicted molar refractivity (Wildman–Crippen MR) is 42.2 cm³/mol. The number of nitrogens with zero attached hydrogens (tertiary/aromatic N) is 1. The van der Waals surface area contributed by atoms with Crippen molar-refractivity contribution in [3.63, 3.8) is 0 Å². The molecule has 0 aliphatic heterocycles. The van der Waals surface area contributed by atoms with E-state index in [1.165, 1.54) is 0 Å². The van der Waals surface area contributed by atoms with Crippen LogP contribution in [0.5, 0.6) is 0 Å². The topological polar surface area (TPSA) is 3.24 Å². The van der Waals surface area contributed by atoms with E-state index in [9.17, 15) is 0 Å². The zero-order valence-electron chi connectivity index (χ0n) is 6.32.